The van der Waals surface area contributed by atoms with Crippen LogP contribution in [0.1, 0.15) is 32.5 Å². The highest BCUT2D eigenvalue weighted by molar-refractivity contribution is 9.10. The summed E-state index contributed by atoms with van der Waals surface area (Å²) in [6.45, 7) is -6.76. The molecule has 4 rings (SSSR count). The van der Waals surface area contributed by atoms with Crippen molar-refractivity contribution in [1.82, 2.24) is 9.97 Å². The molecule has 0 spiro atoms. The smallest absolute Gasteiger partial charge is 0.426 e. The highest BCUT2D eigenvalue weighted by Gasteiger charge is 2.58. The fraction of sp³-hybridized carbons (Fsp3) is 0.240. The van der Waals surface area contributed by atoms with Gasteiger partial charge in [0.25, 0.3) is 0 Å². The van der Waals surface area contributed by atoms with Crippen LogP contribution in [0.3, 0.4) is 0 Å². The zero-order valence-electron chi connectivity index (χ0n) is 20.2. The standard InChI is InChI=1S/C25H17BrF7N3O4S/c26-20-4-2-15(11-34-20)24(37,25(31,32)33)19-12-35-21(41-19)16(9-13-5-7-36(38)8-6-13)14-1-3-17(39-22(27)28)18(10-14)40-23(29)30/h1-8,10-12,16,22-23,37H,9H2. The minimum Gasteiger partial charge on any atom is -0.619 e. The van der Waals surface area contributed by atoms with Crippen LogP contribution in [-0.2, 0) is 12.0 Å². The van der Waals surface area contributed by atoms with Crippen molar-refractivity contribution < 1.29 is 50.0 Å². The van der Waals surface area contributed by atoms with Gasteiger partial charge in [-0.05, 0) is 51.7 Å². The van der Waals surface area contributed by atoms with E-state index in [9.17, 15) is 41.0 Å². The van der Waals surface area contributed by atoms with Gasteiger partial charge in [0.15, 0.2) is 23.9 Å². The number of thiazole rings is 1. The SMILES string of the molecule is [O-][n+]1ccc(CC(c2ccc(OC(F)F)c(OC(F)F)c2)c2ncc(C(O)(c3ccc(Br)nc3)C(F)(F)F)s2)cc1. The van der Waals surface area contributed by atoms with Gasteiger partial charge in [-0.25, -0.2) is 9.97 Å². The molecule has 0 bridgehead atoms. The minimum absolute atomic E-state index is 0.0112. The molecule has 2 unspecified atom stereocenters. The Kier molecular flexibility index (Phi) is 9.03. The van der Waals surface area contributed by atoms with E-state index in [0.717, 1.165) is 30.6 Å². The van der Waals surface area contributed by atoms with Gasteiger partial charge in [0.05, 0.1) is 4.88 Å². The van der Waals surface area contributed by atoms with Gasteiger partial charge in [-0.1, -0.05) is 12.1 Å². The number of alkyl halides is 7. The van der Waals surface area contributed by atoms with Crippen LogP contribution >= 0.6 is 27.3 Å². The molecule has 16 heteroatoms. The van der Waals surface area contributed by atoms with Crippen LogP contribution in [-0.4, -0.2) is 34.5 Å². The Morgan fingerprint density at radius 2 is 1.59 bits per heavy atom. The summed E-state index contributed by atoms with van der Waals surface area (Å²) in [5.41, 5.74) is -3.43. The largest absolute Gasteiger partial charge is 0.619 e. The molecule has 0 aliphatic heterocycles. The number of pyridine rings is 2. The van der Waals surface area contributed by atoms with Crippen molar-refractivity contribution in [3.63, 3.8) is 0 Å². The van der Waals surface area contributed by atoms with Crippen LogP contribution in [0.5, 0.6) is 11.5 Å². The van der Waals surface area contributed by atoms with Crippen molar-refractivity contribution in [2.45, 2.75) is 37.3 Å². The van der Waals surface area contributed by atoms with E-state index in [-0.39, 0.29) is 21.6 Å². The molecule has 41 heavy (non-hydrogen) atoms. The third kappa shape index (κ3) is 6.87. The summed E-state index contributed by atoms with van der Waals surface area (Å²) in [5.74, 6) is -2.39. The predicted molar refractivity (Wildman–Crippen MR) is 134 cm³/mol. The number of aliphatic hydroxyl groups is 1. The van der Waals surface area contributed by atoms with Gasteiger partial charge in [-0.3, -0.25) is 0 Å². The van der Waals surface area contributed by atoms with Crippen molar-refractivity contribution in [2.24, 2.45) is 0 Å². The molecule has 0 saturated carbocycles. The summed E-state index contributed by atoms with van der Waals surface area (Å²) >= 11 is 3.53. The summed E-state index contributed by atoms with van der Waals surface area (Å²) in [4.78, 5) is 7.27. The Hall–Kier alpha value is -3.50. The number of nitrogens with zero attached hydrogens (tertiary/aromatic N) is 3. The molecule has 0 radical (unpaired) electrons. The first-order valence-corrected chi connectivity index (χ1v) is 13.0. The summed E-state index contributed by atoms with van der Waals surface area (Å²) in [6.07, 6.45) is -1.17. The summed E-state index contributed by atoms with van der Waals surface area (Å²) in [6, 6.07) is 8.31. The van der Waals surface area contributed by atoms with Crippen molar-refractivity contribution >= 4 is 27.3 Å². The lowest BCUT2D eigenvalue weighted by molar-refractivity contribution is -0.605. The molecule has 0 amide bonds. The van der Waals surface area contributed by atoms with E-state index < -0.39 is 52.9 Å². The van der Waals surface area contributed by atoms with Crippen molar-refractivity contribution in [3.05, 3.63) is 104 Å². The van der Waals surface area contributed by atoms with Gasteiger partial charge in [-0.2, -0.15) is 35.5 Å². The second-order valence-electron chi connectivity index (χ2n) is 8.43. The number of aromatic nitrogens is 3. The van der Waals surface area contributed by atoms with Crippen LogP contribution < -0.4 is 14.2 Å². The highest BCUT2D eigenvalue weighted by atomic mass is 79.9. The second kappa shape index (κ2) is 12.2. The first-order chi connectivity index (χ1) is 19.3. The average Bonchev–Trinajstić information content (AvgIpc) is 3.38. The molecular weight excluding hydrogens is 651 g/mol. The van der Waals surface area contributed by atoms with E-state index in [0.29, 0.717) is 21.6 Å². The maximum absolute atomic E-state index is 14.3. The zero-order chi connectivity index (χ0) is 29.9. The highest BCUT2D eigenvalue weighted by Crippen LogP contribution is 2.47. The third-order valence-electron chi connectivity index (χ3n) is 5.85. The molecule has 1 aromatic carbocycles. The van der Waals surface area contributed by atoms with Crippen LogP contribution in [0, 0.1) is 5.21 Å². The molecule has 0 aliphatic carbocycles. The molecule has 0 fully saturated rings. The van der Waals surface area contributed by atoms with Gasteiger partial charge in [0, 0.05) is 36.0 Å². The zero-order valence-corrected chi connectivity index (χ0v) is 22.6. The summed E-state index contributed by atoms with van der Waals surface area (Å²) < 4.78 is 104. The Balaban J connectivity index is 1.83. The number of benzene rings is 1. The lowest BCUT2D eigenvalue weighted by atomic mass is 9.92. The average molecular weight is 668 g/mol. The topological polar surface area (TPSA) is 91.4 Å². The maximum atomic E-state index is 14.3. The first-order valence-electron chi connectivity index (χ1n) is 11.4. The maximum Gasteiger partial charge on any atom is 0.426 e. The number of hydrogen-bond acceptors (Lipinski definition) is 7. The molecule has 218 valence electrons. The van der Waals surface area contributed by atoms with Crippen LogP contribution in [0.4, 0.5) is 30.7 Å². The Labute approximate surface area is 239 Å². The molecular formula is C25H17BrF7N3O4S. The molecule has 3 heterocycles. The van der Waals surface area contributed by atoms with E-state index in [2.05, 4.69) is 35.4 Å². The van der Waals surface area contributed by atoms with Crippen molar-refractivity contribution in [3.8, 4) is 11.5 Å². The first kappa shape index (κ1) is 30.5. The molecule has 0 saturated heterocycles. The Bertz CT molecular complexity index is 1470. The monoisotopic (exact) mass is 667 g/mol. The number of hydrogen-bond donors (Lipinski definition) is 1. The van der Waals surface area contributed by atoms with Gasteiger partial charge in [-0.15, -0.1) is 11.3 Å². The van der Waals surface area contributed by atoms with E-state index in [1.807, 2.05) is 0 Å². The fourth-order valence-corrected chi connectivity index (χ4v) is 5.35. The molecule has 3 aromatic heterocycles. The predicted octanol–water partition coefficient (Wildman–Crippen LogP) is 6.31. The Morgan fingerprint density at radius 1 is 0.927 bits per heavy atom. The van der Waals surface area contributed by atoms with Crippen molar-refractivity contribution in [1.29, 1.82) is 0 Å². The quantitative estimate of drug-likeness (QED) is 0.0923. The van der Waals surface area contributed by atoms with Gasteiger partial charge >= 0.3 is 19.4 Å². The summed E-state index contributed by atoms with van der Waals surface area (Å²) in [7, 11) is 0. The van der Waals surface area contributed by atoms with E-state index in [1.165, 1.54) is 36.7 Å². The Morgan fingerprint density at radius 3 is 2.17 bits per heavy atom. The molecule has 4 aromatic rings. The second-order valence-corrected chi connectivity index (χ2v) is 10.3. The third-order valence-corrected chi connectivity index (χ3v) is 7.54. The van der Waals surface area contributed by atoms with Gasteiger partial charge in [0.1, 0.15) is 9.61 Å². The van der Waals surface area contributed by atoms with E-state index >= 15 is 0 Å². The lowest BCUT2D eigenvalue weighted by Gasteiger charge is -2.29. The normalized spacial score (nSPS) is 14.2. The number of rotatable bonds is 10. The van der Waals surface area contributed by atoms with Crippen LogP contribution in [0.2, 0.25) is 0 Å². The van der Waals surface area contributed by atoms with Crippen LogP contribution in [0.15, 0.2) is 71.9 Å². The molecule has 2 atom stereocenters. The van der Waals surface area contributed by atoms with Gasteiger partial charge in [0.2, 0.25) is 5.60 Å². The van der Waals surface area contributed by atoms with Crippen LogP contribution in [0.25, 0.3) is 0 Å². The fourth-order valence-electron chi connectivity index (χ4n) is 3.94. The molecule has 1 N–H and O–H groups in total. The number of ether oxygens (including phenoxy) is 2. The molecule has 7 nitrogen and oxygen atoms in total. The summed E-state index contributed by atoms with van der Waals surface area (Å²) in [5, 5.41) is 22.5. The lowest BCUT2D eigenvalue weighted by Crippen LogP contribution is -2.42. The van der Waals surface area contributed by atoms with Crippen molar-refractivity contribution in [2.75, 3.05) is 0 Å². The molecule has 0 aliphatic rings. The minimum atomic E-state index is -5.20. The van der Waals surface area contributed by atoms with E-state index in [4.69, 9.17) is 0 Å². The number of halogens is 8. The van der Waals surface area contributed by atoms with E-state index in [1.54, 1.807) is 0 Å². The van der Waals surface area contributed by atoms with Gasteiger partial charge < -0.3 is 19.8 Å².